The molecule has 3 heterocycles. The summed E-state index contributed by atoms with van der Waals surface area (Å²) in [6.07, 6.45) is 3.75. The van der Waals surface area contributed by atoms with Crippen LogP contribution in [0.5, 0.6) is 11.5 Å². The maximum absolute atomic E-state index is 13.1. The molecule has 0 unspecified atom stereocenters. The number of benzene rings is 1. The van der Waals surface area contributed by atoms with Crippen molar-refractivity contribution in [2.75, 3.05) is 40.9 Å². The largest absolute Gasteiger partial charge is 0.497 e. The first-order valence-corrected chi connectivity index (χ1v) is 9.63. The van der Waals surface area contributed by atoms with Gasteiger partial charge < -0.3 is 19.3 Å². The van der Waals surface area contributed by atoms with Crippen LogP contribution >= 0.6 is 0 Å². The number of nitrogens with zero attached hydrogens (tertiary/aromatic N) is 4. The number of hydrogen-bond acceptors (Lipinski definition) is 6. The van der Waals surface area contributed by atoms with Gasteiger partial charge in [-0.3, -0.25) is 4.79 Å². The number of carbonyl (C=O) groups excluding carboxylic acids is 1. The van der Waals surface area contributed by atoms with Crippen molar-refractivity contribution >= 4 is 5.91 Å². The first kappa shape index (κ1) is 18.7. The number of amides is 1. The van der Waals surface area contributed by atoms with E-state index in [1.807, 2.05) is 11.1 Å². The van der Waals surface area contributed by atoms with E-state index in [0.29, 0.717) is 36.1 Å². The van der Waals surface area contributed by atoms with E-state index in [1.54, 1.807) is 32.4 Å². The summed E-state index contributed by atoms with van der Waals surface area (Å²) in [5.74, 6) is 2.47. The lowest BCUT2D eigenvalue weighted by atomic mass is 10.0. The monoisotopic (exact) mass is 382 g/mol. The molecule has 7 heteroatoms. The molecule has 0 bridgehead atoms. The molecule has 2 aromatic rings. The van der Waals surface area contributed by atoms with Crippen LogP contribution in [-0.2, 0) is 13.0 Å². The van der Waals surface area contributed by atoms with Crippen molar-refractivity contribution in [2.24, 2.45) is 0 Å². The Bertz CT molecular complexity index is 886. The Balaban J connectivity index is 1.53. The van der Waals surface area contributed by atoms with Gasteiger partial charge in [0, 0.05) is 43.7 Å². The molecule has 148 valence electrons. The highest BCUT2D eigenvalue weighted by Crippen LogP contribution is 2.29. The number of fused-ring (bicyclic) bond motifs is 1. The van der Waals surface area contributed by atoms with E-state index in [1.165, 1.54) is 0 Å². The number of carbonyl (C=O) groups is 1. The molecule has 1 amide bonds. The minimum absolute atomic E-state index is 0.0668. The zero-order chi connectivity index (χ0) is 19.7. The number of rotatable bonds is 4. The highest BCUT2D eigenvalue weighted by molar-refractivity contribution is 5.97. The number of ether oxygens (including phenoxy) is 2. The van der Waals surface area contributed by atoms with Gasteiger partial charge in [0.25, 0.3) is 5.91 Å². The minimum Gasteiger partial charge on any atom is -0.497 e. The summed E-state index contributed by atoms with van der Waals surface area (Å²) in [4.78, 5) is 26.7. The van der Waals surface area contributed by atoms with E-state index < -0.39 is 0 Å². The number of likely N-dealkylation sites (N-methyl/N-ethyl adjacent to an activating group) is 1. The Kier molecular flexibility index (Phi) is 5.17. The van der Waals surface area contributed by atoms with Crippen molar-refractivity contribution < 1.29 is 14.3 Å². The first-order valence-electron chi connectivity index (χ1n) is 9.63. The molecule has 7 nitrogen and oxygen atoms in total. The van der Waals surface area contributed by atoms with Crippen LogP contribution in [0, 0.1) is 0 Å². The molecule has 2 aliphatic rings. The highest BCUT2D eigenvalue weighted by Gasteiger charge is 2.28. The molecule has 0 saturated carbocycles. The lowest BCUT2D eigenvalue weighted by Crippen LogP contribution is -2.37. The fourth-order valence-corrected chi connectivity index (χ4v) is 4.00. The predicted molar refractivity (Wildman–Crippen MR) is 105 cm³/mol. The van der Waals surface area contributed by atoms with E-state index in [2.05, 4.69) is 16.9 Å². The molecule has 1 aromatic carbocycles. The SMILES string of the molecule is COc1ccc(OC)c(C(=O)N2CCc3nc([C@@H]4CCN(C)C4)ncc3C2)c1. The van der Waals surface area contributed by atoms with Gasteiger partial charge in [0.2, 0.25) is 0 Å². The summed E-state index contributed by atoms with van der Waals surface area (Å²) < 4.78 is 10.6. The molecule has 0 radical (unpaired) electrons. The van der Waals surface area contributed by atoms with Gasteiger partial charge in [0.15, 0.2) is 0 Å². The molecule has 0 spiro atoms. The van der Waals surface area contributed by atoms with Gasteiger partial charge in [-0.25, -0.2) is 9.97 Å². The van der Waals surface area contributed by atoms with E-state index >= 15 is 0 Å². The second-order valence-electron chi connectivity index (χ2n) is 7.49. The summed E-state index contributed by atoms with van der Waals surface area (Å²) in [5, 5.41) is 0. The van der Waals surface area contributed by atoms with Crippen LogP contribution < -0.4 is 9.47 Å². The molecular weight excluding hydrogens is 356 g/mol. The maximum Gasteiger partial charge on any atom is 0.258 e. The summed E-state index contributed by atoms with van der Waals surface area (Å²) in [6.45, 7) is 3.25. The zero-order valence-corrected chi connectivity index (χ0v) is 16.6. The van der Waals surface area contributed by atoms with Crippen LogP contribution in [0.2, 0.25) is 0 Å². The minimum atomic E-state index is -0.0668. The normalized spacial score (nSPS) is 19.4. The third-order valence-electron chi connectivity index (χ3n) is 5.63. The van der Waals surface area contributed by atoms with Gasteiger partial charge in [-0.15, -0.1) is 0 Å². The Morgan fingerprint density at radius 2 is 2.07 bits per heavy atom. The van der Waals surface area contributed by atoms with Crippen LogP contribution in [0.4, 0.5) is 0 Å². The van der Waals surface area contributed by atoms with Crippen LogP contribution in [0.15, 0.2) is 24.4 Å². The van der Waals surface area contributed by atoms with Gasteiger partial charge in [-0.1, -0.05) is 0 Å². The number of hydrogen-bond donors (Lipinski definition) is 0. The number of likely N-dealkylation sites (tertiary alicyclic amines) is 1. The standard InChI is InChI=1S/C21H26N4O3/c1-24-8-6-14(12-24)20-22-11-15-13-25(9-7-18(15)23-20)21(26)17-10-16(27-2)4-5-19(17)28-3/h4-5,10-11,14H,6-9,12-13H2,1-3H3/t14-/m1/s1. The molecule has 1 aromatic heterocycles. The molecule has 28 heavy (non-hydrogen) atoms. The van der Waals surface area contributed by atoms with Gasteiger partial charge in [-0.2, -0.15) is 0 Å². The van der Waals surface area contributed by atoms with Gasteiger partial charge in [-0.05, 0) is 38.2 Å². The van der Waals surface area contributed by atoms with E-state index in [9.17, 15) is 4.79 Å². The molecule has 1 atom stereocenters. The Morgan fingerprint density at radius 1 is 1.21 bits per heavy atom. The average molecular weight is 382 g/mol. The van der Waals surface area contributed by atoms with Crippen LogP contribution in [0.25, 0.3) is 0 Å². The molecule has 4 rings (SSSR count). The maximum atomic E-state index is 13.1. The summed E-state index contributed by atoms with van der Waals surface area (Å²) in [6, 6.07) is 5.28. The summed E-state index contributed by atoms with van der Waals surface area (Å²) >= 11 is 0. The van der Waals surface area contributed by atoms with Gasteiger partial charge in [0.1, 0.15) is 17.3 Å². The summed E-state index contributed by atoms with van der Waals surface area (Å²) in [5.41, 5.74) is 2.61. The van der Waals surface area contributed by atoms with Crippen molar-refractivity contribution in [1.29, 1.82) is 0 Å². The molecule has 1 fully saturated rings. The third kappa shape index (κ3) is 3.54. The molecule has 1 saturated heterocycles. The smallest absolute Gasteiger partial charge is 0.258 e. The van der Waals surface area contributed by atoms with Crippen molar-refractivity contribution in [3.05, 3.63) is 47.0 Å². The second-order valence-corrected chi connectivity index (χ2v) is 7.49. The second kappa shape index (κ2) is 7.75. The van der Waals surface area contributed by atoms with Crippen molar-refractivity contribution in [3.63, 3.8) is 0 Å². The van der Waals surface area contributed by atoms with Crippen molar-refractivity contribution in [3.8, 4) is 11.5 Å². The third-order valence-corrected chi connectivity index (χ3v) is 5.63. The Hall–Kier alpha value is -2.67. The lowest BCUT2D eigenvalue weighted by molar-refractivity contribution is 0.0729. The Labute approximate surface area is 165 Å². The van der Waals surface area contributed by atoms with E-state index in [0.717, 1.165) is 43.0 Å². The van der Waals surface area contributed by atoms with Crippen molar-refractivity contribution in [2.45, 2.75) is 25.3 Å². The molecule has 2 aliphatic heterocycles. The fraction of sp³-hybridized carbons (Fsp3) is 0.476. The quantitative estimate of drug-likeness (QED) is 0.807. The van der Waals surface area contributed by atoms with E-state index in [-0.39, 0.29) is 5.91 Å². The van der Waals surface area contributed by atoms with Crippen LogP contribution in [-0.4, -0.2) is 66.6 Å². The number of methoxy groups -OCH3 is 2. The molecule has 0 N–H and O–H groups in total. The van der Waals surface area contributed by atoms with Gasteiger partial charge >= 0.3 is 0 Å². The number of aromatic nitrogens is 2. The Morgan fingerprint density at radius 3 is 2.79 bits per heavy atom. The van der Waals surface area contributed by atoms with Crippen molar-refractivity contribution in [1.82, 2.24) is 19.8 Å². The molecule has 0 aliphatic carbocycles. The van der Waals surface area contributed by atoms with E-state index in [4.69, 9.17) is 14.5 Å². The van der Waals surface area contributed by atoms with Gasteiger partial charge in [0.05, 0.1) is 25.5 Å². The topological polar surface area (TPSA) is 67.8 Å². The average Bonchev–Trinajstić information content (AvgIpc) is 3.18. The molecular formula is C21H26N4O3. The summed E-state index contributed by atoms with van der Waals surface area (Å²) in [7, 11) is 5.29. The predicted octanol–water partition coefficient (Wildman–Crippen LogP) is 2.11. The highest BCUT2D eigenvalue weighted by atomic mass is 16.5. The zero-order valence-electron chi connectivity index (χ0n) is 16.6. The first-order chi connectivity index (χ1) is 13.6. The van der Waals surface area contributed by atoms with Crippen LogP contribution in [0.3, 0.4) is 0 Å². The fourth-order valence-electron chi connectivity index (χ4n) is 4.00. The van der Waals surface area contributed by atoms with Crippen LogP contribution in [0.1, 0.15) is 39.8 Å². The lowest BCUT2D eigenvalue weighted by Gasteiger charge is -2.29.